The van der Waals surface area contributed by atoms with Crippen LogP contribution in [0.4, 0.5) is 5.13 Å². The molecule has 19 heavy (non-hydrogen) atoms. The normalized spacial score (nSPS) is 23.5. The number of hydrogen-bond donors (Lipinski definition) is 1. The third-order valence-electron chi connectivity index (χ3n) is 3.35. The van der Waals surface area contributed by atoms with E-state index >= 15 is 0 Å². The van der Waals surface area contributed by atoms with E-state index < -0.39 is 0 Å². The maximum absolute atomic E-state index is 11.6. The van der Waals surface area contributed by atoms with Crippen LogP contribution in [0.2, 0.25) is 0 Å². The molecule has 0 radical (unpaired) electrons. The molecule has 7 heteroatoms. The van der Waals surface area contributed by atoms with Crippen molar-refractivity contribution in [3.8, 4) is 0 Å². The minimum Gasteiger partial charge on any atom is -0.469 e. The van der Waals surface area contributed by atoms with Gasteiger partial charge in [-0.1, -0.05) is 18.3 Å². The van der Waals surface area contributed by atoms with Crippen molar-refractivity contribution in [1.82, 2.24) is 15.1 Å². The lowest BCUT2D eigenvalue weighted by molar-refractivity contribution is -0.146. The Morgan fingerprint density at radius 1 is 1.53 bits per heavy atom. The van der Waals surface area contributed by atoms with E-state index in [1.165, 1.54) is 7.11 Å². The zero-order valence-corrected chi connectivity index (χ0v) is 12.4. The van der Waals surface area contributed by atoms with Crippen molar-refractivity contribution in [2.24, 2.45) is 11.8 Å². The number of nitrogens with zero attached hydrogens (tertiary/aromatic N) is 3. The van der Waals surface area contributed by atoms with Crippen LogP contribution in [0, 0.1) is 11.8 Å². The molecule has 2 unspecified atom stereocenters. The van der Waals surface area contributed by atoms with E-state index in [1.807, 2.05) is 6.92 Å². The number of aromatic nitrogens is 2. The number of carbonyl (C=O) groups excluding carboxylic acids is 1. The predicted octanol–water partition coefficient (Wildman–Crippen LogP) is 1.21. The van der Waals surface area contributed by atoms with Crippen molar-refractivity contribution in [3.05, 3.63) is 5.01 Å². The summed E-state index contributed by atoms with van der Waals surface area (Å²) in [5.74, 6) is 0.195. The highest BCUT2D eigenvalue weighted by molar-refractivity contribution is 7.15. The summed E-state index contributed by atoms with van der Waals surface area (Å²) < 4.78 is 4.84. The van der Waals surface area contributed by atoms with Crippen LogP contribution in [0.1, 0.15) is 18.9 Å². The van der Waals surface area contributed by atoms with E-state index in [-0.39, 0.29) is 11.9 Å². The molecule has 1 aromatic rings. The monoisotopic (exact) mass is 284 g/mol. The van der Waals surface area contributed by atoms with E-state index in [9.17, 15) is 4.79 Å². The standard InChI is InChI=1S/C12H20N4O2S/c1-4-13-12-15-14-10(19-12)7-16-5-8(2)9(6-16)11(17)18-3/h8-9H,4-7H2,1-3H3,(H,13,15). The molecule has 1 aromatic heterocycles. The van der Waals surface area contributed by atoms with Gasteiger partial charge in [0.05, 0.1) is 19.6 Å². The van der Waals surface area contributed by atoms with Crippen LogP contribution < -0.4 is 5.32 Å². The molecular weight excluding hydrogens is 264 g/mol. The van der Waals surface area contributed by atoms with Gasteiger partial charge in [-0.25, -0.2) is 0 Å². The lowest BCUT2D eigenvalue weighted by Crippen LogP contribution is -2.24. The molecule has 106 valence electrons. The van der Waals surface area contributed by atoms with E-state index in [0.717, 1.165) is 36.3 Å². The molecule has 2 rings (SSSR count). The van der Waals surface area contributed by atoms with Crippen LogP contribution in [-0.4, -0.2) is 47.8 Å². The maximum Gasteiger partial charge on any atom is 0.310 e. The van der Waals surface area contributed by atoms with Gasteiger partial charge in [0.2, 0.25) is 5.13 Å². The number of nitrogens with one attached hydrogen (secondary N) is 1. The first-order valence-electron chi connectivity index (χ1n) is 6.50. The Morgan fingerprint density at radius 3 is 3.00 bits per heavy atom. The Bertz CT molecular complexity index is 437. The highest BCUT2D eigenvalue weighted by Gasteiger charge is 2.35. The van der Waals surface area contributed by atoms with Crippen molar-refractivity contribution < 1.29 is 9.53 Å². The van der Waals surface area contributed by atoms with Gasteiger partial charge in [0.15, 0.2) is 0 Å². The second kappa shape index (κ2) is 6.29. The highest BCUT2D eigenvalue weighted by Crippen LogP contribution is 2.26. The number of ether oxygens (including phenoxy) is 1. The predicted molar refractivity (Wildman–Crippen MR) is 74.0 cm³/mol. The summed E-state index contributed by atoms with van der Waals surface area (Å²) in [5.41, 5.74) is 0. The van der Waals surface area contributed by atoms with Gasteiger partial charge in [-0.3, -0.25) is 9.69 Å². The molecule has 1 fully saturated rings. The fourth-order valence-corrected chi connectivity index (χ4v) is 3.24. The Morgan fingerprint density at radius 2 is 2.32 bits per heavy atom. The minimum absolute atomic E-state index is 0.0221. The fourth-order valence-electron chi connectivity index (χ4n) is 2.39. The smallest absolute Gasteiger partial charge is 0.310 e. The highest BCUT2D eigenvalue weighted by atomic mass is 32.1. The van der Waals surface area contributed by atoms with Gasteiger partial charge in [0, 0.05) is 19.6 Å². The van der Waals surface area contributed by atoms with Gasteiger partial charge in [0.1, 0.15) is 5.01 Å². The van der Waals surface area contributed by atoms with E-state index in [4.69, 9.17) is 4.74 Å². The zero-order valence-electron chi connectivity index (χ0n) is 11.5. The molecule has 2 heterocycles. The molecule has 1 N–H and O–H groups in total. The summed E-state index contributed by atoms with van der Waals surface area (Å²) in [6, 6.07) is 0. The fraction of sp³-hybridized carbons (Fsp3) is 0.750. The summed E-state index contributed by atoms with van der Waals surface area (Å²) >= 11 is 1.57. The number of likely N-dealkylation sites (tertiary alicyclic amines) is 1. The number of anilines is 1. The topological polar surface area (TPSA) is 67.4 Å². The summed E-state index contributed by atoms with van der Waals surface area (Å²) in [6.07, 6.45) is 0. The molecular formula is C12H20N4O2S. The number of hydrogen-bond acceptors (Lipinski definition) is 7. The number of carbonyl (C=O) groups is 1. The summed E-state index contributed by atoms with van der Waals surface area (Å²) in [7, 11) is 1.45. The van der Waals surface area contributed by atoms with Crippen molar-refractivity contribution in [1.29, 1.82) is 0 Å². The largest absolute Gasteiger partial charge is 0.469 e. The van der Waals surface area contributed by atoms with Gasteiger partial charge in [0.25, 0.3) is 0 Å². The van der Waals surface area contributed by atoms with Crippen molar-refractivity contribution >= 4 is 22.4 Å². The first-order valence-corrected chi connectivity index (χ1v) is 7.32. The molecule has 0 aliphatic carbocycles. The van der Waals surface area contributed by atoms with Crippen LogP contribution in [0.25, 0.3) is 0 Å². The third-order valence-corrected chi connectivity index (χ3v) is 4.21. The Labute approximate surface area is 117 Å². The molecule has 2 atom stereocenters. The Hall–Kier alpha value is -1.21. The first kappa shape index (κ1) is 14.2. The summed E-state index contributed by atoms with van der Waals surface area (Å²) in [5, 5.41) is 13.2. The Kier molecular flexibility index (Phi) is 4.71. The lowest BCUT2D eigenvalue weighted by atomic mass is 9.99. The second-order valence-corrected chi connectivity index (χ2v) is 5.89. The van der Waals surface area contributed by atoms with Gasteiger partial charge in [-0.2, -0.15) is 0 Å². The lowest BCUT2D eigenvalue weighted by Gasteiger charge is -2.12. The average Bonchev–Trinajstić information content (AvgIpc) is 2.96. The first-order chi connectivity index (χ1) is 9.13. The molecule has 6 nitrogen and oxygen atoms in total. The van der Waals surface area contributed by atoms with Crippen molar-refractivity contribution in [2.45, 2.75) is 20.4 Å². The van der Waals surface area contributed by atoms with Crippen LogP contribution in [-0.2, 0) is 16.1 Å². The molecule has 0 bridgehead atoms. The van der Waals surface area contributed by atoms with Gasteiger partial charge < -0.3 is 10.1 Å². The van der Waals surface area contributed by atoms with Crippen molar-refractivity contribution in [2.75, 3.05) is 32.1 Å². The molecule has 0 spiro atoms. The average molecular weight is 284 g/mol. The van der Waals surface area contributed by atoms with Gasteiger partial charge in [-0.15, -0.1) is 10.2 Å². The molecule has 1 saturated heterocycles. The van der Waals surface area contributed by atoms with Crippen LogP contribution in [0.15, 0.2) is 0 Å². The van der Waals surface area contributed by atoms with E-state index in [1.54, 1.807) is 11.3 Å². The molecule has 1 aliphatic heterocycles. The Balaban J connectivity index is 1.91. The third kappa shape index (κ3) is 3.42. The quantitative estimate of drug-likeness (QED) is 0.820. The minimum atomic E-state index is -0.111. The van der Waals surface area contributed by atoms with E-state index in [2.05, 4.69) is 27.3 Å². The van der Waals surface area contributed by atoms with E-state index in [0.29, 0.717) is 5.92 Å². The molecule has 0 saturated carbocycles. The zero-order chi connectivity index (χ0) is 13.8. The van der Waals surface area contributed by atoms with Gasteiger partial charge in [-0.05, 0) is 12.8 Å². The maximum atomic E-state index is 11.6. The van der Waals surface area contributed by atoms with Crippen molar-refractivity contribution in [3.63, 3.8) is 0 Å². The number of methoxy groups -OCH3 is 1. The second-order valence-electron chi connectivity index (χ2n) is 4.83. The number of esters is 1. The van der Waals surface area contributed by atoms with Crippen LogP contribution >= 0.6 is 11.3 Å². The molecule has 0 amide bonds. The van der Waals surface area contributed by atoms with Crippen LogP contribution in [0.5, 0.6) is 0 Å². The summed E-state index contributed by atoms with van der Waals surface area (Å²) in [6.45, 7) is 7.36. The summed E-state index contributed by atoms with van der Waals surface area (Å²) in [4.78, 5) is 13.9. The van der Waals surface area contributed by atoms with Crippen LogP contribution in [0.3, 0.4) is 0 Å². The SMILES string of the molecule is CCNc1nnc(CN2CC(C)C(C(=O)OC)C2)s1. The van der Waals surface area contributed by atoms with Gasteiger partial charge >= 0.3 is 5.97 Å². The molecule has 1 aliphatic rings. The molecule has 0 aromatic carbocycles. The number of rotatable bonds is 5.